The Bertz CT molecular complexity index is 1480. The van der Waals surface area contributed by atoms with E-state index in [-0.39, 0.29) is 5.91 Å². The van der Waals surface area contributed by atoms with Gasteiger partial charge in [0.15, 0.2) is 0 Å². The molecule has 0 saturated carbocycles. The number of nitrogens with one attached hydrogen (secondary N) is 1. The Morgan fingerprint density at radius 3 is 2.53 bits per heavy atom. The van der Waals surface area contributed by atoms with E-state index in [1.165, 1.54) is 7.11 Å². The molecule has 0 saturated heterocycles. The van der Waals surface area contributed by atoms with Crippen LogP contribution in [0.3, 0.4) is 0 Å². The third-order valence-corrected chi connectivity index (χ3v) is 8.05. The molecule has 0 fully saturated rings. The maximum Gasteiger partial charge on any atom is 0.328 e. The van der Waals surface area contributed by atoms with E-state index in [1.54, 1.807) is 16.2 Å². The molecular weight excluding hydrogens is 460 g/mol. The number of H-pyrrole nitrogens is 1. The summed E-state index contributed by atoms with van der Waals surface area (Å²) in [5.41, 5.74) is 7.16. The van der Waals surface area contributed by atoms with Crippen molar-refractivity contribution in [3.05, 3.63) is 70.7 Å². The molecule has 0 aliphatic carbocycles. The summed E-state index contributed by atoms with van der Waals surface area (Å²) in [4.78, 5) is 32.0. The van der Waals surface area contributed by atoms with E-state index in [0.29, 0.717) is 6.42 Å². The SMILES string of the molecule is COC(=O)C1Cc2c([nH]c3ccccc23)C(c2csc3ccccc23)N1C(=O)C#C[Si](C)(C)C. The minimum absolute atomic E-state index is 0.345. The van der Waals surface area contributed by atoms with Gasteiger partial charge in [-0.2, -0.15) is 0 Å². The first-order valence-electron chi connectivity index (χ1n) is 11.3. The van der Waals surface area contributed by atoms with Crippen LogP contribution in [0.25, 0.3) is 21.0 Å². The molecule has 2 atom stereocenters. The van der Waals surface area contributed by atoms with E-state index in [2.05, 4.69) is 59.7 Å². The molecule has 2 unspecified atom stereocenters. The average molecular weight is 487 g/mol. The summed E-state index contributed by atoms with van der Waals surface area (Å²) < 4.78 is 6.33. The summed E-state index contributed by atoms with van der Waals surface area (Å²) in [5, 5.41) is 4.23. The highest BCUT2D eigenvalue weighted by Gasteiger charge is 2.44. The fourth-order valence-electron chi connectivity index (χ4n) is 4.70. The topological polar surface area (TPSA) is 62.4 Å². The number of benzene rings is 2. The van der Waals surface area contributed by atoms with Crippen LogP contribution < -0.4 is 0 Å². The minimum Gasteiger partial charge on any atom is -0.467 e. The van der Waals surface area contributed by atoms with Gasteiger partial charge in [-0.3, -0.25) is 4.79 Å². The van der Waals surface area contributed by atoms with E-state index >= 15 is 0 Å². The summed E-state index contributed by atoms with van der Waals surface area (Å²) in [6.45, 7) is 6.29. The van der Waals surface area contributed by atoms with Gasteiger partial charge in [-0.15, -0.1) is 16.9 Å². The molecule has 34 heavy (non-hydrogen) atoms. The number of methoxy groups -OCH3 is 1. The molecule has 1 aliphatic rings. The number of aromatic nitrogens is 1. The normalized spacial score (nSPS) is 17.8. The summed E-state index contributed by atoms with van der Waals surface area (Å²) in [5.74, 6) is 2.11. The van der Waals surface area contributed by atoms with Gasteiger partial charge in [0.2, 0.25) is 0 Å². The summed E-state index contributed by atoms with van der Waals surface area (Å²) in [6, 6.07) is 15.0. The first kappa shape index (κ1) is 22.4. The summed E-state index contributed by atoms with van der Waals surface area (Å²) in [6.07, 6.45) is 0.380. The van der Waals surface area contributed by atoms with Gasteiger partial charge in [-0.25, -0.2) is 4.79 Å². The maximum atomic E-state index is 13.7. The predicted molar refractivity (Wildman–Crippen MR) is 139 cm³/mol. The quantitative estimate of drug-likeness (QED) is 0.238. The van der Waals surface area contributed by atoms with Crippen molar-refractivity contribution >= 4 is 52.3 Å². The Labute approximate surface area is 203 Å². The number of fused-ring (bicyclic) bond motifs is 4. The lowest BCUT2D eigenvalue weighted by molar-refractivity contribution is -0.153. The lowest BCUT2D eigenvalue weighted by atomic mass is 9.87. The molecule has 1 N–H and O–H groups in total. The van der Waals surface area contributed by atoms with Crippen molar-refractivity contribution in [3.8, 4) is 11.5 Å². The van der Waals surface area contributed by atoms with E-state index in [9.17, 15) is 9.59 Å². The van der Waals surface area contributed by atoms with Crippen molar-refractivity contribution in [2.75, 3.05) is 7.11 Å². The second-order valence-electron chi connectivity index (χ2n) is 9.61. The van der Waals surface area contributed by atoms with Crippen molar-refractivity contribution in [2.45, 2.75) is 38.1 Å². The standard InChI is InChI=1S/C27H26N2O3SSi/c1-32-27(31)22-15-19-17-9-5-7-11-21(17)28-25(19)26(29(22)24(30)13-14-34(2,3)4)20-16-33-23-12-8-6-10-18(20)23/h5-12,16,22,26,28H,15H2,1-4H3. The zero-order chi connectivity index (χ0) is 24.0. The molecule has 1 amide bonds. The summed E-state index contributed by atoms with van der Waals surface area (Å²) >= 11 is 1.64. The first-order chi connectivity index (χ1) is 16.3. The van der Waals surface area contributed by atoms with Gasteiger partial charge in [-0.05, 0) is 39.9 Å². The highest BCUT2D eigenvalue weighted by molar-refractivity contribution is 7.17. The number of hydrogen-bond donors (Lipinski definition) is 1. The molecule has 0 bridgehead atoms. The van der Waals surface area contributed by atoms with Gasteiger partial charge in [-0.1, -0.05) is 56.0 Å². The van der Waals surface area contributed by atoms with Crippen LogP contribution in [0, 0.1) is 11.5 Å². The maximum absolute atomic E-state index is 13.7. The van der Waals surface area contributed by atoms with Crippen molar-refractivity contribution in [2.24, 2.45) is 0 Å². The van der Waals surface area contributed by atoms with Gasteiger partial charge in [0.25, 0.3) is 5.91 Å². The van der Waals surface area contributed by atoms with Gasteiger partial charge in [0, 0.05) is 27.7 Å². The van der Waals surface area contributed by atoms with Crippen LogP contribution in [-0.4, -0.2) is 43.0 Å². The average Bonchev–Trinajstić information content (AvgIpc) is 3.42. The third-order valence-electron chi connectivity index (χ3n) is 6.19. The van der Waals surface area contributed by atoms with E-state index < -0.39 is 26.1 Å². The molecule has 5 nitrogen and oxygen atoms in total. The number of esters is 1. The number of nitrogens with zero attached hydrogens (tertiary/aromatic N) is 1. The van der Waals surface area contributed by atoms with Crippen LogP contribution in [0.1, 0.15) is 22.9 Å². The number of hydrogen-bond acceptors (Lipinski definition) is 4. The Morgan fingerprint density at radius 1 is 1.09 bits per heavy atom. The molecule has 1 aliphatic heterocycles. The largest absolute Gasteiger partial charge is 0.467 e. The Kier molecular flexibility index (Phi) is 5.59. The number of aromatic amines is 1. The smallest absolute Gasteiger partial charge is 0.328 e. The number of carbonyl (C=O) groups excluding carboxylic acids is 2. The molecule has 2 aromatic heterocycles. The number of carbonyl (C=O) groups is 2. The fourth-order valence-corrected chi connectivity index (χ4v) is 6.16. The van der Waals surface area contributed by atoms with Crippen LogP contribution >= 0.6 is 11.3 Å². The number of ether oxygens (including phenoxy) is 1. The van der Waals surface area contributed by atoms with E-state index in [0.717, 1.165) is 37.8 Å². The summed E-state index contributed by atoms with van der Waals surface area (Å²) in [7, 11) is -0.428. The van der Waals surface area contributed by atoms with Crippen LogP contribution in [-0.2, 0) is 20.7 Å². The Balaban J connectivity index is 1.79. The second-order valence-corrected chi connectivity index (χ2v) is 15.3. The Morgan fingerprint density at radius 2 is 1.79 bits per heavy atom. The van der Waals surface area contributed by atoms with Crippen molar-refractivity contribution in [1.29, 1.82) is 0 Å². The molecule has 0 radical (unpaired) electrons. The molecule has 0 spiro atoms. The van der Waals surface area contributed by atoms with Gasteiger partial charge in [0.1, 0.15) is 20.2 Å². The number of rotatable bonds is 2. The number of thiophene rings is 1. The third kappa shape index (κ3) is 3.83. The van der Waals surface area contributed by atoms with Crippen LogP contribution in [0.5, 0.6) is 0 Å². The van der Waals surface area contributed by atoms with E-state index in [4.69, 9.17) is 4.74 Å². The zero-order valence-corrected chi connectivity index (χ0v) is 21.5. The zero-order valence-electron chi connectivity index (χ0n) is 19.6. The number of amides is 1. The van der Waals surface area contributed by atoms with Crippen molar-refractivity contribution < 1.29 is 14.3 Å². The monoisotopic (exact) mass is 486 g/mol. The second kappa shape index (κ2) is 8.46. The van der Waals surface area contributed by atoms with E-state index in [1.807, 2.05) is 30.3 Å². The van der Waals surface area contributed by atoms with Crippen LogP contribution in [0.15, 0.2) is 53.9 Å². The first-order valence-corrected chi connectivity index (χ1v) is 15.7. The number of para-hydroxylation sites is 1. The molecule has 5 rings (SSSR count). The van der Waals surface area contributed by atoms with Crippen molar-refractivity contribution in [3.63, 3.8) is 0 Å². The molecule has 3 heterocycles. The lowest BCUT2D eigenvalue weighted by Crippen LogP contribution is -2.51. The fraction of sp³-hybridized carbons (Fsp3) is 0.259. The highest BCUT2D eigenvalue weighted by atomic mass is 32.1. The van der Waals surface area contributed by atoms with Gasteiger partial charge < -0.3 is 14.6 Å². The molecule has 2 aromatic carbocycles. The molecular formula is C27H26N2O3SSi. The predicted octanol–water partition coefficient (Wildman–Crippen LogP) is 5.28. The van der Waals surface area contributed by atoms with Crippen LogP contribution in [0.2, 0.25) is 19.6 Å². The highest BCUT2D eigenvalue weighted by Crippen LogP contribution is 2.44. The Hall–Kier alpha value is -3.34. The molecule has 4 aromatic rings. The lowest BCUT2D eigenvalue weighted by Gasteiger charge is -2.39. The van der Waals surface area contributed by atoms with Gasteiger partial charge in [0.05, 0.1) is 7.11 Å². The van der Waals surface area contributed by atoms with Crippen molar-refractivity contribution in [1.82, 2.24) is 9.88 Å². The minimum atomic E-state index is -1.80. The van der Waals surface area contributed by atoms with Gasteiger partial charge >= 0.3 is 5.97 Å². The molecule has 172 valence electrons. The molecule has 7 heteroatoms. The van der Waals surface area contributed by atoms with Crippen LogP contribution in [0.4, 0.5) is 0 Å².